The first-order valence-corrected chi connectivity index (χ1v) is 7.83. The highest BCUT2D eigenvalue weighted by Crippen LogP contribution is 2.20. The predicted octanol–water partition coefficient (Wildman–Crippen LogP) is 3.33. The van der Waals surface area contributed by atoms with E-state index in [4.69, 9.17) is 11.6 Å². The van der Waals surface area contributed by atoms with Gasteiger partial charge >= 0.3 is 0 Å². The highest BCUT2D eigenvalue weighted by molar-refractivity contribution is 6.33. The molecule has 21 heavy (non-hydrogen) atoms. The summed E-state index contributed by atoms with van der Waals surface area (Å²) in [7, 11) is 0. The van der Waals surface area contributed by atoms with Crippen molar-refractivity contribution in [3.63, 3.8) is 0 Å². The van der Waals surface area contributed by atoms with Crippen LogP contribution in [0.5, 0.6) is 0 Å². The Balaban J connectivity index is 1.85. The van der Waals surface area contributed by atoms with Crippen LogP contribution >= 0.6 is 11.6 Å². The van der Waals surface area contributed by atoms with Gasteiger partial charge in [-0.1, -0.05) is 17.7 Å². The molecule has 0 unspecified atom stereocenters. The second-order valence-electron chi connectivity index (χ2n) is 5.88. The van der Waals surface area contributed by atoms with Crippen LogP contribution in [0.1, 0.15) is 37.0 Å². The van der Waals surface area contributed by atoms with Gasteiger partial charge in [-0.3, -0.25) is 4.79 Å². The highest BCUT2D eigenvalue weighted by atomic mass is 35.5. The number of carbonyl (C=O) groups excluding carboxylic acids is 1. The second kappa shape index (κ2) is 7.23. The molecule has 0 aliphatic carbocycles. The quantitative estimate of drug-likeness (QED) is 0.925. The largest absolute Gasteiger partial charge is 0.352 e. The van der Waals surface area contributed by atoms with E-state index >= 15 is 0 Å². The van der Waals surface area contributed by atoms with Gasteiger partial charge in [0.25, 0.3) is 5.91 Å². The van der Waals surface area contributed by atoms with Crippen molar-refractivity contribution < 1.29 is 9.18 Å². The molecular formula is C16H22ClFN2O. The molecule has 1 heterocycles. The second-order valence-corrected chi connectivity index (χ2v) is 6.29. The third kappa shape index (κ3) is 4.17. The molecule has 1 amide bonds. The smallest absolute Gasteiger partial charge is 0.255 e. The molecule has 1 aromatic carbocycles. The third-order valence-electron chi connectivity index (χ3n) is 4.12. The van der Waals surface area contributed by atoms with Crippen LogP contribution < -0.4 is 5.32 Å². The van der Waals surface area contributed by atoms with Crippen molar-refractivity contribution in [1.82, 2.24) is 10.2 Å². The Bertz CT molecular complexity index is 479. The van der Waals surface area contributed by atoms with Gasteiger partial charge in [0.2, 0.25) is 0 Å². The number of rotatable bonds is 4. The first-order valence-electron chi connectivity index (χ1n) is 7.45. The molecule has 1 fully saturated rings. The molecule has 3 nitrogen and oxygen atoms in total. The minimum absolute atomic E-state index is 0.0567. The van der Waals surface area contributed by atoms with Gasteiger partial charge < -0.3 is 10.2 Å². The Kier molecular flexibility index (Phi) is 5.59. The first kappa shape index (κ1) is 16.2. The van der Waals surface area contributed by atoms with Crippen LogP contribution in [-0.4, -0.2) is 36.5 Å². The van der Waals surface area contributed by atoms with Gasteiger partial charge in [0.05, 0.1) is 10.6 Å². The van der Waals surface area contributed by atoms with Crippen LogP contribution in [0.4, 0.5) is 4.39 Å². The fourth-order valence-electron chi connectivity index (χ4n) is 2.71. The maximum absolute atomic E-state index is 13.7. The number of nitrogens with one attached hydrogen (secondary N) is 1. The van der Waals surface area contributed by atoms with Crippen molar-refractivity contribution in [2.45, 2.75) is 32.7 Å². The van der Waals surface area contributed by atoms with Crippen molar-refractivity contribution in [1.29, 1.82) is 0 Å². The number of hydrogen-bond donors (Lipinski definition) is 1. The van der Waals surface area contributed by atoms with Gasteiger partial charge in [0.1, 0.15) is 5.82 Å². The third-order valence-corrected chi connectivity index (χ3v) is 4.44. The molecule has 0 aromatic heterocycles. The predicted molar refractivity (Wildman–Crippen MR) is 83.2 cm³/mol. The maximum Gasteiger partial charge on any atom is 0.255 e. The zero-order valence-electron chi connectivity index (χ0n) is 12.5. The topological polar surface area (TPSA) is 32.3 Å². The van der Waals surface area contributed by atoms with Crippen molar-refractivity contribution in [3.05, 3.63) is 34.6 Å². The Morgan fingerprint density at radius 1 is 1.43 bits per heavy atom. The molecule has 1 aliphatic heterocycles. The van der Waals surface area contributed by atoms with Gasteiger partial charge in [-0.05, 0) is 57.8 Å². The average Bonchev–Trinajstić information content (AvgIpc) is 2.45. The summed E-state index contributed by atoms with van der Waals surface area (Å²) in [5.41, 5.74) is -0.0567. The Labute approximate surface area is 130 Å². The number of carbonyl (C=O) groups is 1. The van der Waals surface area contributed by atoms with Crippen LogP contribution in [0.2, 0.25) is 5.02 Å². The molecule has 0 bridgehead atoms. The number of hydrogen-bond acceptors (Lipinski definition) is 2. The molecule has 116 valence electrons. The van der Waals surface area contributed by atoms with E-state index in [1.807, 2.05) is 0 Å². The molecule has 1 saturated heterocycles. The highest BCUT2D eigenvalue weighted by Gasteiger charge is 2.22. The van der Waals surface area contributed by atoms with E-state index in [-0.39, 0.29) is 10.6 Å². The van der Waals surface area contributed by atoms with E-state index in [2.05, 4.69) is 24.1 Å². The number of nitrogens with zero attached hydrogens (tertiary/aromatic N) is 1. The number of benzene rings is 1. The molecule has 0 atom stereocenters. The lowest BCUT2D eigenvalue weighted by Gasteiger charge is -2.34. The number of amides is 1. The summed E-state index contributed by atoms with van der Waals surface area (Å²) in [6.07, 6.45) is 2.12. The summed E-state index contributed by atoms with van der Waals surface area (Å²) < 4.78 is 13.7. The first-order chi connectivity index (χ1) is 9.99. The van der Waals surface area contributed by atoms with Crippen LogP contribution in [0, 0.1) is 11.7 Å². The molecule has 0 saturated carbocycles. The van der Waals surface area contributed by atoms with E-state index in [1.54, 1.807) is 0 Å². The summed E-state index contributed by atoms with van der Waals surface area (Å²) in [4.78, 5) is 14.5. The zero-order valence-corrected chi connectivity index (χ0v) is 13.3. The van der Waals surface area contributed by atoms with Crippen LogP contribution in [0.15, 0.2) is 18.2 Å². The SMILES string of the molecule is CC(C)N1CCC(CNC(=O)c2c(F)cccc2Cl)CC1. The summed E-state index contributed by atoms with van der Waals surface area (Å²) in [6, 6.07) is 4.84. The van der Waals surface area contributed by atoms with E-state index in [9.17, 15) is 9.18 Å². The lowest BCUT2D eigenvalue weighted by molar-refractivity contribution is 0.0926. The van der Waals surface area contributed by atoms with E-state index in [0.717, 1.165) is 25.9 Å². The standard InChI is InChI=1S/C16H22ClFN2O/c1-11(2)20-8-6-12(7-9-20)10-19-16(21)15-13(17)4-3-5-14(15)18/h3-5,11-12H,6-10H2,1-2H3,(H,19,21). The zero-order chi connectivity index (χ0) is 15.4. The van der Waals surface area contributed by atoms with Crippen LogP contribution in [0.25, 0.3) is 0 Å². The van der Waals surface area contributed by atoms with E-state index in [1.165, 1.54) is 18.2 Å². The Hall–Kier alpha value is -1.13. The van der Waals surface area contributed by atoms with Crippen molar-refractivity contribution in [2.75, 3.05) is 19.6 Å². The lowest BCUT2D eigenvalue weighted by atomic mass is 9.96. The van der Waals surface area contributed by atoms with Crippen molar-refractivity contribution in [2.24, 2.45) is 5.92 Å². The summed E-state index contributed by atoms with van der Waals surface area (Å²) >= 11 is 5.89. The minimum atomic E-state index is -0.574. The summed E-state index contributed by atoms with van der Waals surface area (Å²) in [5.74, 6) is -0.548. The van der Waals surface area contributed by atoms with Gasteiger partial charge in [-0.25, -0.2) is 4.39 Å². The molecule has 1 aromatic rings. The molecule has 0 radical (unpaired) electrons. The van der Waals surface area contributed by atoms with Gasteiger partial charge in [0, 0.05) is 12.6 Å². The van der Waals surface area contributed by atoms with Gasteiger partial charge in [-0.2, -0.15) is 0 Å². The Morgan fingerprint density at radius 3 is 2.67 bits per heavy atom. The van der Waals surface area contributed by atoms with Crippen LogP contribution in [-0.2, 0) is 0 Å². The van der Waals surface area contributed by atoms with Crippen LogP contribution in [0.3, 0.4) is 0 Å². The Morgan fingerprint density at radius 2 is 2.10 bits per heavy atom. The summed E-state index contributed by atoms with van der Waals surface area (Å²) in [5, 5.41) is 2.97. The monoisotopic (exact) mass is 312 g/mol. The van der Waals surface area contributed by atoms with Crippen molar-refractivity contribution >= 4 is 17.5 Å². The number of likely N-dealkylation sites (tertiary alicyclic amines) is 1. The fourth-order valence-corrected chi connectivity index (χ4v) is 2.96. The normalized spacial score (nSPS) is 17.2. The number of piperidine rings is 1. The van der Waals surface area contributed by atoms with Gasteiger partial charge in [0.15, 0.2) is 0 Å². The number of halogens is 2. The van der Waals surface area contributed by atoms with E-state index in [0.29, 0.717) is 18.5 Å². The average molecular weight is 313 g/mol. The molecule has 1 aliphatic rings. The van der Waals surface area contributed by atoms with E-state index < -0.39 is 11.7 Å². The molecule has 1 N–H and O–H groups in total. The summed E-state index contributed by atoms with van der Waals surface area (Å²) in [6.45, 7) is 7.08. The molecule has 0 spiro atoms. The minimum Gasteiger partial charge on any atom is -0.352 e. The van der Waals surface area contributed by atoms with Gasteiger partial charge in [-0.15, -0.1) is 0 Å². The molecule has 2 rings (SSSR count). The lowest BCUT2D eigenvalue weighted by Crippen LogP contribution is -2.41. The molecule has 5 heteroatoms. The maximum atomic E-state index is 13.7. The fraction of sp³-hybridized carbons (Fsp3) is 0.562. The van der Waals surface area contributed by atoms with Crippen molar-refractivity contribution in [3.8, 4) is 0 Å². The molecular weight excluding hydrogens is 291 g/mol.